The number of hydrogen-bond donors (Lipinski definition) is 1. The Balaban J connectivity index is 1.91. The molecule has 0 aliphatic heterocycles. The Labute approximate surface area is 130 Å². The van der Waals surface area contributed by atoms with Gasteiger partial charge in [-0.25, -0.2) is 0 Å². The van der Waals surface area contributed by atoms with Crippen molar-refractivity contribution in [1.82, 2.24) is 5.32 Å². The third-order valence-corrected chi connectivity index (χ3v) is 4.25. The number of rotatable bonds is 7. The molecule has 0 spiro atoms. The van der Waals surface area contributed by atoms with Crippen LogP contribution in [0.3, 0.4) is 0 Å². The molecule has 0 aliphatic rings. The molecule has 0 saturated heterocycles. The van der Waals surface area contributed by atoms with Gasteiger partial charge in [-0.05, 0) is 48.4 Å². The summed E-state index contributed by atoms with van der Waals surface area (Å²) in [6.45, 7) is 4.20. The summed E-state index contributed by atoms with van der Waals surface area (Å²) in [7, 11) is 0. The highest BCUT2D eigenvalue weighted by Crippen LogP contribution is 2.24. The van der Waals surface area contributed by atoms with Crippen molar-refractivity contribution in [3.05, 3.63) is 64.7 Å². The number of hydrogen-bond acceptors (Lipinski definition) is 2. The van der Waals surface area contributed by atoms with E-state index in [-0.39, 0.29) is 0 Å². The minimum absolute atomic E-state index is 0.806. The highest BCUT2D eigenvalue weighted by atomic mass is 35.5. The zero-order chi connectivity index (χ0) is 14.2. The third-order valence-electron chi connectivity index (χ3n) is 2.95. The second-order valence-corrected chi connectivity index (χ2v) is 6.23. The molecule has 106 valence electrons. The van der Waals surface area contributed by atoms with Gasteiger partial charge >= 0.3 is 0 Å². The van der Waals surface area contributed by atoms with Crippen LogP contribution in [0.1, 0.15) is 24.5 Å². The number of halogens is 1. The van der Waals surface area contributed by atoms with E-state index in [1.807, 2.05) is 30.0 Å². The van der Waals surface area contributed by atoms with E-state index < -0.39 is 0 Å². The monoisotopic (exact) mass is 305 g/mol. The van der Waals surface area contributed by atoms with Crippen molar-refractivity contribution < 1.29 is 0 Å². The quantitative estimate of drug-likeness (QED) is 0.562. The fourth-order valence-corrected chi connectivity index (χ4v) is 3.08. The molecule has 0 fully saturated rings. The number of benzene rings is 2. The molecule has 0 saturated carbocycles. The van der Waals surface area contributed by atoms with E-state index in [4.69, 9.17) is 11.6 Å². The molecule has 3 heteroatoms. The summed E-state index contributed by atoms with van der Waals surface area (Å²) in [5, 5.41) is 4.24. The average Bonchev–Trinajstić information content (AvgIpc) is 2.46. The van der Waals surface area contributed by atoms with Gasteiger partial charge in [0.15, 0.2) is 0 Å². The summed E-state index contributed by atoms with van der Waals surface area (Å²) in [4.78, 5) is 1.31. The molecule has 0 radical (unpaired) electrons. The van der Waals surface area contributed by atoms with Crippen molar-refractivity contribution in [2.45, 2.75) is 30.5 Å². The van der Waals surface area contributed by atoms with Gasteiger partial charge in [-0.15, -0.1) is 11.8 Å². The normalized spacial score (nSPS) is 10.7. The van der Waals surface area contributed by atoms with Crippen molar-refractivity contribution in [3.8, 4) is 0 Å². The van der Waals surface area contributed by atoms with E-state index in [0.717, 1.165) is 23.9 Å². The summed E-state index contributed by atoms with van der Waals surface area (Å²) < 4.78 is 0. The predicted molar refractivity (Wildman–Crippen MR) is 89.5 cm³/mol. The summed E-state index contributed by atoms with van der Waals surface area (Å²) in [6, 6.07) is 16.8. The van der Waals surface area contributed by atoms with Gasteiger partial charge < -0.3 is 5.32 Å². The maximum atomic E-state index is 6.01. The van der Waals surface area contributed by atoms with E-state index in [9.17, 15) is 0 Å². The second-order valence-electron chi connectivity index (χ2n) is 4.74. The first-order valence-corrected chi connectivity index (χ1v) is 8.31. The van der Waals surface area contributed by atoms with Crippen LogP contribution in [-0.2, 0) is 12.3 Å². The molecule has 0 unspecified atom stereocenters. The first-order valence-electron chi connectivity index (χ1n) is 6.95. The van der Waals surface area contributed by atoms with Gasteiger partial charge in [0.1, 0.15) is 0 Å². The molecule has 1 nitrogen and oxygen atoms in total. The fourth-order valence-electron chi connectivity index (χ4n) is 1.95. The molecule has 20 heavy (non-hydrogen) atoms. The van der Waals surface area contributed by atoms with Crippen LogP contribution >= 0.6 is 23.4 Å². The lowest BCUT2D eigenvalue weighted by Crippen LogP contribution is -2.13. The Hall–Kier alpha value is -0.960. The van der Waals surface area contributed by atoms with Crippen molar-refractivity contribution >= 4 is 23.4 Å². The lowest BCUT2D eigenvalue weighted by atomic mass is 10.2. The van der Waals surface area contributed by atoms with E-state index >= 15 is 0 Å². The molecule has 2 aromatic carbocycles. The zero-order valence-corrected chi connectivity index (χ0v) is 13.3. The Morgan fingerprint density at radius 1 is 1.05 bits per heavy atom. The number of thioether (sulfide) groups is 1. The minimum Gasteiger partial charge on any atom is -0.313 e. The molecule has 1 N–H and O–H groups in total. The highest BCUT2D eigenvalue weighted by Gasteiger charge is 1.99. The first-order chi connectivity index (χ1) is 9.78. The molecule has 2 rings (SSSR count). The SMILES string of the molecule is CCCNCc1cccc(SCc2cccc(Cl)c2)c1. The second kappa shape index (κ2) is 8.35. The zero-order valence-electron chi connectivity index (χ0n) is 11.7. The van der Waals surface area contributed by atoms with Crippen molar-refractivity contribution in [3.63, 3.8) is 0 Å². The van der Waals surface area contributed by atoms with Crippen LogP contribution in [0.15, 0.2) is 53.4 Å². The van der Waals surface area contributed by atoms with Crippen molar-refractivity contribution in [1.29, 1.82) is 0 Å². The average molecular weight is 306 g/mol. The van der Waals surface area contributed by atoms with Gasteiger partial charge in [-0.1, -0.05) is 42.8 Å². The Kier molecular flexibility index (Phi) is 6.44. The Morgan fingerprint density at radius 3 is 2.65 bits per heavy atom. The summed E-state index contributed by atoms with van der Waals surface area (Å²) in [5.74, 6) is 0.951. The highest BCUT2D eigenvalue weighted by molar-refractivity contribution is 7.98. The van der Waals surface area contributed by atoms with E-state index in [1.165, 1.54) is 22.4 Å². The van der Waals surface area contributed by atoms with Crippen LogP contribution in [0.25, 0.3) is 0 Å². The van der Waals surface area contributed by atoms with E-state index in [1.54, 1.807) is 0 Å². The van der Waals surface area contributed by atoms with Crippen LogP contribution in [0.5, 0.6) is 0 Å². The van der Waals surface area contributed by atoms with Gasteiger partial charge in [0.05, 0.1) is 0 Å². The predicted octanol–water partition coefficient (Wildman–Crippen LogP) is 5.13. The smallest absolute Gasteiger partial charge is 0.0409 e. The van der Waals surface area contributed by atoms with Crippen LogP contribution in [0.2, 0.25) is 5.02 Å². The van der Waals surface area contributed by atoms with Crippen molar-refractivity contribution in [2.24, 2.45) is 0 Å². The Morgan fingerprint density at radius 2 is 1.85 bits per heavy atom. The van der Waals surface area contributed by atoms with E-state index in [0.29, 0.717) is 0 Å². The summed E-state index contributed by atoms with van der Waals surface area (Å²) in [6.07, 6.45) is 1.17. The van der Waals surface area contributed by atoms with Gasteiger partial charge in [-0.2, -0.15) is 0 Å². The number of nitrogens with one attached hydrogen (secondary N) is 1. The van der Waals surface area contributed by atoms with E-state index in [2.05, 4.69) is 42.6 Å². The molecule has 0 bridgehead atoms. The molecular weight excluding hydrogens is 286 g/mol. The lowest BCUT2D eigenvalue weighted by Gasteiger charge is -2.07. The summed E-state index contributed by atoms with van der Waals surface area (Å²) >= 11 is 7.85. The Bertz CT molecular complexity index is 542. The molecule has 0 heterocycles. The van der Waals surface area contributed by atoms with Crippen LogP contribution in [-0.4, -0.2) is 6.54 Å². The van der Waals surface area contributed by atoms with Crippen LogP contribution < -0.4 is 5.32 Å². The largest absolute Gasteiger partial charge is 0.313 e. The fraction of sp³-hybridized carbons (Fsp3) is 0.294. The molecule has 2 aromatic rings. The molecule has 0 aromatic heterocycles. The van der Waals surface area contributed by atoms with Crippen LogP contribution in [0, 0.1) is 0 Å². The molecule has 0 atom stereocenters. The van der Waals surface area contributed by atoms with Gasteiger partial charge in [-0.3, -0.25) is 0 Å². The minimum atomic E-state index is 0.806. The van der Waals surface area contributed by atoms with Gasteiger partial charge in [0.25, 0.3) is 0 Å². The summed E-state index contributed by atoms with van der Waals surface area (Å²) in [5.41, 5.74) is 2.60. The first kappa shape index (κ1) is 15.4. The van der Waals surface area contributed by atoms with Gasteiger partial charge in [0, 0.05) is 22.2 Å². The van der Waals surface area contributed by atoms with Crippen LogP contribution in [0.4, 0.5) is 0 Å². The maximum Gasteiger partial charge on any atom is 0.0409 e. The third kappa shape index (κ3) is 5.20. The van der Waals surface area contributed by atoms with Gasteiger partial charge in [0.2, 0.25) is 0 Å². The molecular formula is C17H20ClNS. The lowest BCUT2D eigenvalue weighted by molar-refractivity contribution is 0.674. The van der Waals surface area contributed by atoms with Crippen molar-refractivity contribution in [2.75, 3.05) is 6.54 Å². The molecule has 0 amide bonds. The standard InChI is InChI=1S/C17H20ClNS/c1-2-9-19-12-14-5-4-8-17(11-14)20-13-15-6-3-7-16(18)10-15/h3-8,10-11,19H,2,9,12-13H2,1H3. The molecule has 0 aliphatic carbocycles. The maximum absolute atomic E-state index is 6.01. The topological polar surface area (TPSA) is 12.0 Å².